The fourth-order valence-corrected chi connectivity index (χ4v) is 6.94. The lowest BCUT2D eigenvalue weighted by molar-refractivity contribution is -0.143. The number of hydrogen-bond acceptors (Lipinski definition) is 6. The van der Waals surface area contributed by atoms with E-state index in [0.717, 1.165) is 40.7 Å². The minimum atomic E-state index is -4.80. The molecular weight excluding hydrogens is 604 g/mol. The minimum absolute atomic E-state index is 0.0754. The van der Waals surface area contributed by atoms with E-state index >= 15 is 0 Å². The average molecular weight is 630 g/mol. The number of piperazine rings is 1. The summed E-state index contributed by atoms with van der Waals surface area (Å²) < 4.78 is 114. The first kappa shape index (κ1) is 30.5. The van der Waals surface area contributed by atoms with Crippen LogP contribution in [0.5, 0.6) is 5.75 Å². The first-order chi connectivity index (χ1) is 20.1. The van der Waals surface area contributed by atoms with Gasteiger partial charge >= 0.3 is 18.8 Å². The molecule has 0 aliphatic carbocycles. The summed E-state index contributed by atoms with van der Waals surface area (Å²) in [7, 11) is -4.62. The number of carboxylic acid groups (broad SMARTS) is 1. The monoisotopic (exact) mass is 629 g/mol. The lowest BCUT2D eigenvalue weighted by atomic mass is 9.99. The number of ether oxygens (including phenoxy) is 1. The van der Waals surface area contributed by atoms with Gasteiger partial charge in [0.1, 0.15) is 17.6 Å². The first-order valence-corrected chi connectivity index (χ1v) is 14.4. The zero-order valence-electron chi connectivity index (χ0n) is 22.4. The van der Waals surface area contributed by atoms with E-state index in [-0.39, 0.29) is 29.9 Å². The van der Waals surface area contributed by atoms with Crippen LogP contribution in [0, 0.1) is 5.82 Å². The summed E-state index contributed by atoms with van der Waals surface area (Å²) in [6, 6.07) is 9.33. The van der Waals surface area contributed by atoms with Gasteiger partial charge in [-0.25, -0.2) is 12.8 Å². The van der Waals surface area contributed by atoms with Gasteiger partial charge in [-0.05, 0) is 60.5 Å². The van der Waals surface area contributed by atoms with Crippen molar-refractivity contribution in [3.05, 3.63) is 72.0 Å². The number of nitrogens with zero attached hydrogens (tertiary/aromatic N) is 3. The maximum Gasteiger partial charge on any atom is 0.416 e. The normalized spacial score (nSPS) is 18.3. The van der Waals surface area contributed by atoms with E-state index in [1.165, 1.54) is 19.1 Å². The molecule has 0 saturated carbocycles. The zero-order valence-corrected chi connectivity index (χ0v) is 23.2. The van der Waals surface area contributed by atoms with Crippen LogP contribution in [0.25, 0.3) is 11.1 Å². The smallest absolute Gasteiger partial charge is 0.416 e. The van der Waals surface area contributed by atoms with E-state index in [2.05, 4.69) is 4.74 Å². The number of carbonyl (C=O) groups is 1. The summed E-state index contributed by atoms with van der Waals surface area (Å²) in [5.41, 5.74) is -0.355. The van der Waals surface area contributed by atoms with Crippen LogP contribution in [0.2, 0.25) is 0 Å². The van der Waals surface area contributed by atoms with Gasteiger partial charge in [0.2, 0.25) is 0 Å². The summed E-state index contributed by atoms with van der Waals surface area (Å²) in [6.45, 7) is -1.14. The predicted octanol–water partition coefficient (Wildman–Crippen LogP) is 5.29. The molecule has 0 amide bonds. The van der Waals surface area contributed by atoms with Crippen LogP contribution in [-0.2, 0) is 21.0 Å². The van der Waals surface area contributed by atoms with Gasteiger partial charge < -0.3 is 14.7 Å². The molecule has 3 aromatic rings. The number of alkyl halides is 5. The number of carboxylic acids is 1. The van der Waals surface area contributed by atoms with Crippen LogP contribution >= 0.6 is 0 Å². The van der Waals surface area contributed by atoms with Gasteiger partial charge in [-0.3, -0.25) is 14.0 Å². The summed E-state index contributed by atoms with van der Waals surface area (Å²) in [5, 5.41) is 9.51. The van der Waals surface area contributed by atoms with Gasteiger partial charge in [0.15, 0.2) is 0 Å². The second-order valence-corrected chi connectivity index (χ2v) is 12.0. The van der Waals surface area contributed by atoms with Crippen molar-refractivity contribution in [3.8, 4) is 16.9 Å². The fraction of sp³-hybridized carbons (Fsp3) is 0.321. The van der Waals surface area contributed by atoms with Crippen LogP contribution in [0.15, 0.2) is 65.6 Å². The summed E-state index contributed by atoms with van der Waals surface area (Å²) in [4.78, 5) is 14.6. The zero-order chi connectivity index (χ0) is 31.3. The highest BCUT2D eigenvalue weighted by molar-refractivity contribution is 7.92. The molecule has 2 atom stereocenters. The van der Waals surface area contributed by atoms with E-state index in [1.807, 2.05) is 4.90 Å². The van der Waals surface area contributed by atoms with Gasteiger partial charge in [0.05, 0.1) is 34.4 Å². The molecule has 1 fully saturated rings. The van der Waals surface area contributed by atoms with Crippen LogP contribution < -0.4 is 13.9 Å². The summed E-state index contributed by atoms with van der Waals surface area (Å²) in [5.74, 6) is -2.41. The number of hydrogen-bond donors (Lipinski definition) is 1. The molecule has 230 valence electrons. The highest BCUT2D eigenvalue weighted by Gasteiger charge is 2.42. The lowest BCUT2D eigenvalue weighted by Gasteiger charge is -2.49. The van der Waals surface area contributed by atoms with Gasteiger partial charge in [0.25, 0.3) is 10.0 Å². The quantitative estimate of drug-likeness (QED) is 0.356. The SMILES string of the molecule is C[C@H](C(=O)O)N1CCN2c3ccc(-c4cc(F)cc(OC(F)F)c4)cc3N(S(=O)(=O)c3cccc(C(F)(F)F)c3)C[C@@H]2C1. The molecule has 15 heteroatoms. The Bertz CT molecular complexity index is 1650. The maximum atomic E-state index is 14.3. The van der Waals surface area contributed by atoms with E-state index in [4.69, 9.17) is 0 Å². The average Bonchev–Trinajstić information content (AvgIpc) is 2.94. The Labute approximate surface area is 242 Å². The Morgan fingerprint density at radius 2 is 1.72 bits per heavy atom. The molecule has 0 bridgehead atoms. The number of halogens is 6. The summed E-state index contributed by atoms with van der Waals surface area (Å²) >= 11 is 0. The van der Waals surface area contributed by atoms with Crippen molar-refractivity contribution in [1.29, 1.82) is 0 Å². The van der Waals surface area contributed by atoms with Crippen LogP contribution in [-0.4, -0.2) is 69.3 Å². The Balaban J connectivity index is 1.63. The third kappa shape index (κ3) is 6.09. The van der Waals surface area contributed by atoms with E-state index in [0.29, 0.717) is 24.8 Å². The molecule has 1 saturated heterocycles. The molecule has 0 aromatic heterocycles. The molecule has 43 heavy (non-hydrogen) atoms. The number of aliphatic carboxylic acids is 1. The van der Waals surface area contributed by atoms with Crippen molar-refractivity contribution in [2.24, 2.45) is 0 Å². The molecule has 0 radical (unpaired) electrons. The third-order valence-electron chi connectivity index (χ3n) is 7.53. The van der Waals surface area contributed by atoms with Crippen molar-refractivity contribution >= 4 is 27.4 Å². The molecule has 5 rings (SSSR count). The molecule has 0 unspecified atom stereocenters. The van der Waals surface area contributed by atoms with Gasteiger partial charge in [0, 0.05) is 25.7 Å². The van der Waals surface area contributed by atoms with Crippen molar-refractivity contribution in [3.63, 3.8) is 0 Å². The maximum absolute atomic E-state index is 14.3. The Kier molecular flexibility index (Phi) is 7.98. The first-order valence-electron chi connectivity index (χ1n) is 13.0. The molecule has 2 aliphatic rings. The number of rotatable bonds is 7. The highest BCUT2D eigenvalue weighted by atomic mass is 32.2. The Morgan fingerprint density at radius 3 is 2.40 bits per heavy atom. The van der Waals surface area contributed by atoms with Gasteiger partial charge in [-0.2, -0.15) is 22.0 Å². The van der Waals surface area contributed by atoms with Crippen molar-refractivity contribution in [1.82, 2.24) is 4.90 Å². The number of benzene rings is 3. The molecular formula is C28H25F6N3O5S. The molecule has 0 spiro atoms. The lowest BCUT2D eigenvalue weighted by Crippen LogP contribution is -2.62. The van der Waals surface area contributed by atoms with Crippen LogP contribution in [0.1, 0.15) is 12.5 Å². The second-order valence-electron chi connectivity index (χ2n) is 10.2. The predicted molar refractivity (Wildman–Crippen MR) is 144 cm³/mol. The third-order valence-corrected chi connectivity index (χ3v) is 9.30. The topological polar surface area (TPSA) is 90.4 Å². The van der Waals surface area contributed by atoms with Crippen LogP contribution in [0.3, 0.4) is 0 Å². The minimum Gasteiger partial charge on any atom is -0.480 e. The van der Waals surface area contributed by atoms with Gasteiger partial charge in [-0.15, -0.1) is 0 Å². The van der Waals surface area contributed by atoms with E-state index < -0.39 is 62.9 Å². The second kappa shape index (κ2) is 11.3. The van der Waals surface area contributed by atoms with E-state index in [1.54, 1.807) is 11.0 Å². The molecule has 2 heterocycles. The number of anilines is 2. The molecule has 8 nitrogen and oxygen atoms in total. The Hall–Kier alpha value is -3.98. The fourth-order valence-electron chi connectivity index (χ4n) is 5.38. The Morgan fingerprint density at radius 1 is 0.977 bits per heavy atom. The van der Waals surface area contributed by atoms with Crippen molar-refractivity contribution in [2.45, 2.75) is 36.7 Å². The number of fused-ring (bicyclic) bond motifs is 3. The largest absolute Gasteiger partial charge is 0.480 e. The van der Waals surface area contributed by atoms with Crippen molar-refractivity contribution < 1.29 is 49.4 Å². The van der Waals surface area contributed by atoms with Gasteiger partial charge in [-0.1, -0.05) is 12.1 Å². The van der Waals surface area contributed by atoms with Crippen molar-refractivity contribution in [2.75, 3.05) is 35.4 Å². The highest BCUT2D eigenvalue weighted by Crippen LogP contribution is 2.43. The molecule has 1 N–H and O–H groups in total. The molecule has 3 aromatic carbocycles. The van der Waals surface area contributed by atoms with E-state index in [9.17, 15) is 44.7 Å². The molecule has 2 aliphatic heterocycles. The standard InChI is InChI=1S/C28H25F6N3O5S/c1-16(26(38)39)35-7-8-36-21(14-35)15-37(43(40,41)23-4-2-3-19(12-23)28(32,33)34)25-11-17(5-6-24(25)36)18-9-20(29)13-22(10-18)42-27(30)31/h2-6,9-13,16,21,27H,7-8,14-15H2,1H3,(H,38,39)/t16-,21+/m1/s1. The number of sulfonamides is 1. The summed E-state index contributed by atoms with van der Waals surface area (Å²) in [6.07, 6.45) is -4.80. The van der Waals surface area contributed by atoms with Crippen LogP contribution in [0.4, 0.5) is 37.7 Å².